The summed E-state index contributed by atoms with van der Waals surface area (Å²) in [5, 5.41) is 9.10. The summed E-state index contributed by atoms with van der Waals surface area (Å²) in [6.07, 6.45) is -0.376. The molecule has 0 saturated carbocycles. The normalized spacial score (nSPS) is 13.8. The number of nitrogens with two attached hydrogens (primary N) is 1. The van der Waals surface area contributed by atoms with Crippen molar-refractivity contribution in [1.29, 1.82) is 0 Å². The summed E-state index contributed by atoms with van der Waals surface area (Å²) in [6, 6.07) is 12.8. The molecule has 2 aromatic rings. The molecule has 0 saturated heterocycles. The molecular formula is C19H30N4OS. The van der Waals surface area contributed by atoms with E-state index in [1.807, 2.05) is 18.2 Å². The van der Waals surface area contributed by atoms with Gasteiger partial charge in [0.15, 0.2) is 0 Å². The number of ether oxygens (including phenoxy) is 1. The molecule has 0 radical (unpaired) electrons. The highest BCUT2D eigenvalue weighted by molar-refractivity contribution is 7.09. The van der Waals surface area contributed by atoms with Crippen molar-refractivity contribution in [1.82, 2.24) is 10.2 Å². The first kappa shape index (κ1) is 19.9. The van der Waals surface area contributed by atoms with Crippen LogP contribution in [0.5, 0.6) is 0 Å². The third-order valence-electron chi connectivity index (χ3n) is 4.33. The van der Waals surface area contributed by atoms with Crippen molar-refractivity contribution in [3.8, 4) is 0 Å². The van der Waals surface area contributed by atoms with Gasteiger partial charge in [0.2, 0.25) is 0 Å². The highest BCUT2D eigenvalue weighted by atomic mass is 32.1. The standard InChI is InChI=1S/C19H30N4OS/c1-15(13-21-14-18-8-5-11-25-18)23(2)10-9-22-17-7-4-6-16(12-17)19(20)24-3/h4-8,11-12,15,19,21-22H,9-10,13-14,20H2,1-3H3. The van der Waals surface area contributed by atoms with Gasteiger partial charge in [-0.15, -0.1) is 11.3 Å². The molecule has 138 valence electrons. The molecule has 1 heterocycles. The molecule has 25 heavy (non-hydrogen) atoms. The largest absolute Gasteiger partial charge is 0.384 e. The van der Waals surface area contributed by atoms with E-state index >= 15 is 0 Å². The maximum Gasteiger partial charge on any atom is 0.131 e. The minimum atomic E-state index is -0.376. The number of hydrogen-bond acceptors (Lipinski definition) is 6. The molecule has 1 aromatic heterocycles. The Morgan fingerprint density at radius 1 is 1.28 bits per heavy atom. The number of benzene rings is 1. The number of nitrogens with zero attached hydrogens (tertiary/aromatic N) is 1. The Bertz CT molecular complexity index is 605. The fourth-order valence-corrected chi connectivity index (χ4v) is 3.21. The van der Waals surface area contributed by atoms with Crippen LogP contribution in [0.25, 0.3) is 0 Å². The lowest BCUT2D eigenvalue weighted by Crippen LogP contribution is -2.39. The highest BCUT2D eigenvalue weighted by Crippen LogP contribution is 2.16. The van der Waals surface area contributed by atoms with Crippen LogP contribution in [0.2, 0.25) is 0 Å². The first-order valence-corrected chi connectivity index (χ1v) is 9.53. The fourth-order valence-electron chi connectivity index (χ4n) is 2.53. The van der Waals surface area contributed by atoms with Crippen LogP contribution in [-0.4, -0.2) is 44.7 Å². The molecule has 0 aliphatic carbocycles. The summed E-state index contributed by atoms with van der Waals surface area (Å²) >= 11 is 1.80. The molecule has 2 rings (SSSR count). The summed E-state index contributed by atoms with van der Waals surface area (Å²) in [4.78, 5) is 3.74. The van der Waals surface area contributed by atoms with Gasteiger partial charge in [0, 0.05) is 49.9 Å². The molecule has 0 fully saturated rings. The lowest BCUT2D eigenvalue weighted by atomic mass is 10.2. The number of nitrogens with one attached hydrogen (secondary N) is 2. The van der Waals surface area contributed by atoms with Gasteiger partial charge in [-0.25, -0.2) is 0 Å². The Morgan fingerprint density at radius 3 is 2.84 bits per heavy atom. The third-order valence-corrected chi connectivity index (χ3v) is 5.21. The van der Waals surface area contributed by atoms with E-state index in [4.69, 9.17) is 10.5 Å². The summed E-state index contributed by atoms with van der Waals surface area (Å²) in [5.41, 5.74) is 7.95. The van der Waals surface area contributed by atoms with Gasteiger partial charge in [-0.2, -0.15) is 0 Å². The van der Waals surface area contributed by atoms with Crippen molar-refractivity contribution in [3.63, 3.8) is 0 Å². The number of likely N-dealkylation sites (N-methyl/N-ethyl adjacent to an activating group) is 1. The van der Waals surface area contributed by atoms with Crippen LogP contribution in [-0.2, 0) is 11.3 Å². The Hall–Kier alpha value is -1.44. The smallest absolute Gasteiger partial charge is 0.131 e. The van der Waals surface area contributed by atoms with Gasteiger partial charge in [0.05, 0.1) is 0 Å². The number of rotatable bonds is 11. The minimum absolute atomic E-state index is 0.376. The van der Waals surface area contributed by atoms with Gasteiger partial charge in [0.25, 0.3) is 0 Å². The Morgan fingerprint density at radius 2 is 2.12 bits per heavy atom. The van der Waals surface area contributed by atoms with Gasteiger partial charge in [0.1, 0.15) is 6.23 Å². The van der Waals surface area contributed by atoms with Gasteiger partial charge in [-0.05, 0) is 43.1 Å². The van der Waals surface area contributed by atoms with Crippen molar-refractivity contribution >= 4 is 17.0 Å². The van der Waals surface area contributed by atoms with E-state index in [1.54, 1.807) is 18.4 Å². The Labute approximate surface area is 155 Å². The molecule has 2 unspecified atom stereocenters. The molecule has 0 spiro atoms. The highest BCUT2D eigenvalue weighted by Gasteiger charge is 2.09. The molecule has 0 aliphatic rings. The third kappa shape index (κ3) is 6.76. The number of thiophene rings is 1. The predicted molar refractivity (Wildman–Crippen MR) is 107 cm³/mol. The zero-order valence-electron chi connectivity index (χ0n) is 15.4. The monoisotopic (exact) mass is 362 g/mol. The van der Waals surface area contributed by atoms with Crippen LogP contribution < -0.4 is 16.4 Å². The molecular weight excluding hydrogens is 332 g/mol. The van der Waals surface area contributed by atoms with E-state index in [9.17, 15) is 0 Å². The first-order valence-electron chi connectivity index (χ1n) is 8.65. The van der Waals surface area contributed by atoms with E-state index in [0.29, 0.717) is 6.04 Å². The lowest BCUT2D eigenvalue weighted by Gasteiger charge is -2.25. The maximum absolute atomic E-state index is 5.90. The second-order valence-electron chi connectivity index (χ2n) is 6.25. The fraction of sp³-hybridized carbons (Fsp3) is 0.474. The molecule has 5 nitrogen and oxygen atoms in total. The minimum Gasteiger partial charge on any atom is -0.384 e. The van der Waals surface area contributed by atoms with Crippen molar-refractivity contribution in [3.05, 3.63) is 52.2 Å². The van der Waals surface area contributed by atoms with E-state index < -0.39 is 0 Å². The van der Waals surface area contributed by atoms with Gasteiger partial charge < -0.3 is 26.0 Å². The molecule has 6 heteroatoms. The van der Waals surface area contributed by atoms with Crippen LogP contribution in [0, 0.1) is 0 Å². The molecule has 2 atom stereocenters. The second-order valence-corrected chi connectivity index (χ2v) is 7.28. The number of anilines is 1. The zero-order valence-corrected chi connectivity index (χ0v) is 16.2. The van der Waals surface area contributed by atoms with Gasteiger partial charge in [-0.3, -0.25) is 0 Å². The van der Waals surface area contributed by atoms with Gasteiger partial charge >= 0.3 is 0 Å². The van der Waals surface area contributed by atoms with Crippen molar-refractivity contribution in [2.75, 3.05) is 39.1 Å². The van der Waals surface area contributed by atoms with Crippen LogP contribution in [0.3, 0.4) is 0 Å². The maximum atomic E-state index is 5.90. The molecule has 0 amide bonds. The summed E-state index contributed by atoms with van der Waals surface area (Å²) in [6.45, 7) is 6.03. The molecule has 1 aromatic carbocycles. The predicted octanol–water partition coefficient (Wildman–Crippen LogP) is 2.87. The quantitative estimate of drug-likeness (QED) is 0.537. The van der Waals surface area contributed by atoms with Crippen LogP contribution in [0.15, 0.2) is 41.8 Å². The zero-order chi connectivity index (χ0) is 18.1. The summed E-state index contributed by atoms with van der Waals surface area (Å²) < 4.78 is 5.17. The molecule has 4 N–H and O–H groups in total. The van der Waals surface area contributed by atoms with E-state index in [2.05, 4.69) is 53.1 Å². The first-order chi connectivity index (χ1) is 12.1. The van der Waals surface area contributed by atoms with Gasteiger partial charge in [-0.1, -0.05) is 18.2 Å². The lowest BCUT2D eigenvalue weighted by molar-refractivity contribution is 0.109. The number of methoxy groups -OCH3 is 1. The molecule has 0 bridgehead atoms. The Kier molecular flexibility index (Phi) is 8.37. The van der Waals surface area contributed by atoms with E-state index in [0.717, 1.165) is 37.4 Å². The second kappa shape index (κ2) is 10.5. The topological polar surface area (TPSA) is 62.6 Å². The van der Waals surface area contributed by atoms with Crippen molar-refractivity contribution in [2.45, 2.75) is 25.7 Å². The van der Waals surface area contributed by atoms with Crippen LogP contribution in [0.1, 0.15) is 23.6 Å². The van der Waals surface area contributed by atoms with Crippen LogP contribution in [0.4, 0.5) is 5.69 Å². The summed E-state index contributed by atoms with van der Waals surface area (Å²) in [5.74, 6) is 0. The summed E-state index contributed by atoms with van der Waals surface area (Å²) in [7, 11) is 3.78. The van der Waals surface area contributed by atoms with E-state index in [1.165, 1.54) is 4.88 Å². The Balaban J connectivity index is 1.68. The SMILES string of the molecule is COC(N)c1cccc(NCCN(C)C(C)CNCc2cccs2)c1. The molecule has 0 aliphatic heterocycles. The average Bonchev–Trinajstić information content (AvgIpc) is 3.14. The van der Waals surface area contributed by atoms with Crippen LogP contribution >= 0.6 is 11.3 Å². The number of hydrogen-bond donors (Lipinski definition) is 3. The van der Waals surface area contributed by atoms with Crippen molar-refractivity contribution < 1.29 is 4.74 Å². The average molecular weight is 363 g/mol. The van der Waals surface area contributed by atoms with Crippen molar-refractivity contribution in [2.24, 2.45) is 5.73 Å². The van der Waals surface area contributed by atoms with E-state index in [-0.39, 0.29) is 6.23 Å².